The molecule has 2 aromatic carbocycles. The first-order valence-corrected chi connectivity index (χ1v) is 7.02. The minimum absolute atomic E-state index is 0.496. The maximum atomic E-state index is 5.86. The number of hydrogen-bond acceptors (Lipinski definition) is 1. The van der Waals surface area contributed by atoms with Gasteiger partial charge in [-0.15, -0.1) is 11.6 Å². The summed E-state index contributed by atoms with van der Waals surface area (Å²) in [5.41, 5.74) is 3.39. The molecule has 0 saturated heterocycles. The molecule has 0 aliphatic rings. The van der Waals surface area contributed by atoms with Crippen molar-refractivity contribution in [3.05, 3.63) is 57.6 Å². The summed E-state index contributed by atoms with van der Waals surface area (Å²) in [5, 5.41) is 0. The number of hydrogen-bond donors (Lipinski definition) is 0. The van der Waals surface area contributed by atoms with Crippen LogP contribution in [0.5, 0.6) is 11.5 Å². The Hall–Kier alpha value is -0.990. The van der Waals surface area contributed by atoms with Crippen molar-refractivity contribution in [2.24, 2.45) is 0 Å². The standard InChI is InChI=1S/C15H14BrClO/c1-10-6-14(7-11(2)15(10)16)18-13-5-3-4-12(8-13)9-17/h3-8H,9H2,1-2H3. The Morgan fingerprint density at radius 1 is 1.06 bits per heavy atom. The van der Waals surface area contributed by atoms with Crippen molar-refractivity contribution >= 4 is 27.5 Å². The van der Waals surface area contributed by atoms with E-state index in [1.165, 1.54) is 11.1 Å². The lowest BCUT2D eigenvalue weighted by atomic mass is 10.1. The van der Waals surface area contributed by atoms with Gasteiger partial charge in [0.2, 0.25) is 0 Å². The third-order valence-corrected chi connectivity index (χ3v) is 4.26. The maximum Gasteiger partial charge on any atom is 0.128 e. The Morgan fingerprint density at radius 2 is 1.72 bits per heavy atom. The number of benzene rings is 2. The summed E-state index contributed by atoms with van der Waals surface area (Å²) in [5.74, 6) is 2.16. The second kappa shape index (κ2) is 5.77. The summed E-state index contributed by atoms with van der Waals surface area (Å²) in [7, 11) is 0. The molecular formula is C15H14BrClO. The predicted octanol–water partition coefficient (Wildman–Crippen LogP) is 5.60. The second-order valence-electron chi connectivity index (χ2n) is 4.25. The fourth-order valence-corrected chi connectivity index (χ4v) is 2.19. The molecule has 0 radical (unpaired) electrons. The van der Waals surface area contributed by atoms with Gasteiger partial charge in [0, 0.05) is 10.4 Å². The lowest BCUT2D eigenvalue weighted by molar-refractivity contribution is 0.481. The van der Waals surface area contributed by atoms with Crippen molar-refractivity contribution in [2.75, 3.05) is 0 Å². The van der Waals surface area contributed by atoms with Gasteiger partial charge >= 0.3 is 0 Å². The van der Waals surface area contributed by atoms with Crippen LogP contribution in [0.15, 0.2) is 40.9 Å². The molecule has 0 spiro atoms. The minimum atomic E-state index is 0.496. The molecule has 2 rings (SSSR count). The van der Waals surface area contributed by atoms with Crippen LogP contribution >= 0.6 is 27.5 Å². The van der Waals surface area contributed by atoms with Crippen molar-refractivity contribution < 1.29 is 4.74 Å². The molecule has 18 heavy (non-hydrogen) atoms. The van der Waals surface area contributed by atoms with E-state index in [0.717, 1.165) is 21.5 Å². The molecule has 0 amide bonds. The van der Waals surface area contributed by atoms with Crippen LogP contribution in [0.2, 0.25) is 0 Å². The number of alkyl halides is 1. The van der Waals surface area contributed by atoms with Gasteiger partial charge in [0.25, 0.3) is 0 Å². The molecule has 1 nitrogen and oxygen atoms in total. The van der Waals surface area contributed by atoms with Gasteiger partial charge in [-0.1, -0.05) is 28.1 Å². The molecule has 94 valence electrons. The molecule has 0 aromatic heterocycles. The second-order valence-corrected chi connectivity index (χ2v) is 5.31. The highest BCUT2D eigenvalue weighted by molar-refractivity contribution is 9.10. The largest absolute Gasteiger partial charge is 0.457 e. The zero-order valence-corrected chi connectivity index (χ0v) is 12.7. The maximum absolute atomic E-state index is 5.86. The number of halogens is 2. The smallest absolute Gasteiger partial charge is 0.128 e. The van der Waals surface area contributed by atoms with Crippen molar-refractivity contribution in [3.63, 3.8) is 0 Å². The molecule has 0 unspecified atom stereocenters. The average Bonchev–Trinajstić information content (AvgIpc) is 2.36. The molecule has 3 heteroatoms. The molecule has 0 heterocycles. The number of rotatable bonds is 3. The van der Waals surface area contributed by atoms with Gasteiger partial charge in [-0.2, -0.15) is 0 Å². The molecule has 0 atom stereocenters. The molecule has 0 fully saturated rings. The van der Waals surface area contributed by atoms with E-state index >= 15 is 0 Å². The Kier molecular flexibility index (Phi) is 4.31. The Morgan fingerprint density at radius 3 is 2.33 bits per heavy atom. The monoisotopic (exact) mass is 324 g/mol. The summed E-state index contributed by atoms with van der Waals surface area (Å²) in [4.78, 5) is 0. The van der Waals surface area contributed by atoms with Crippen LogP contribution in [-0.4, -0.2) is 0 Å². The highest BCUT2D eigenvalue weighted by Gasteiger charge is 2.04. The summed E-state index contributed by atoms with van der Waals surface area (Å²) < 4.78 is 6.99. The zero-order chi connectivity index (χ0) is 13.1. The van der Waals surface area contributed by atoms with E-state index in [9.17, 15) is 0 Å². The van der Waals surface area contributed by atoms with Crippen LogP contribution in [0.3, 0.4) is 0 Å². The van der Waals surface area contributed by atoms with Crippen LogP contribution in [0.25, 0.3) is 0 Å². The van der Waals surface area contributed by atoms with E-state index in [-0.39, 0.29) is 0 Å². The normalized spacial score (nSPS) is 10.4. The van der Waals surface area contributed by atoms with Crippen molar-refractivity contribution in [2.45, 2.75) is 19.7 Å². The highest BCUT2D eigenvalue weighted by atomic mass is 79.9. The summed E-state index contributed by atoms with van der Waals surface area (Å²) in [6.07, 6.45) is 0. The fraction of sp³-hybridized carbons (Fsp3) is 0.200. The summed E-state index contributed by atoms with van der Waals surface area (Å²) >= 11 is 9.36. The van der Waals surface area contributed by atoms with Gasteiger partial charge in [-0.25, -0.2) is 0 Å². The Bertz CT molecular complexity index is 543. The van der Waals surface area contributed by atoms with Crippen LogP contribution in [0.1, 0.15) is 16.7 Å². The van der Waals surface area contributed by atoms with Crippen LogP contribution in [-0.2, 0) is 5.88 Å². The number of aryl methyl sites for hydroxylation is 2. The van der Waals surface area contributed by atoms with Gasteiger partial charge in [0.1, 0.15) is 11.5 Å². The van der Waals surface area contributed by atoms with Crippen LogP contribution < -0.4 is 4.74 Å². The summed E-state index contributed by atoms with van der Waals surface area (Å²) in [6.45, 7) is 4.11. The van der Waals surface area contributed by atoms with E-state index in [1.807, 2.05) is 36.4 Å². The highest BCUT2D eigenvalue weighted by Crippen LogP contribution is 2.29. The molecule has 0 aliphatic heterocycles. The van der Waals surface area contributed by atoms with Gasteiger partial charge < -0.3 is 4.74 Å². The molecule has 0 bridgehead atoms. The molecule has 0 saturated carbocycles. The zero-order valence-electron chi connectivity index (χ0n) is 10.3. The average molecular weight is 326 g/mol. The molecule has 2 aromatic rings. The predicted molar refractivity (Wildman–Crippen MR) is 79.7 cm³/mol. The fourth-order valence-electron chi connectivity index (χ4n) is 1.79. The lowest BCUT2D eigenvalue weighted by Gasteiger charge is -2.10. The van der Waals surface area contributed by atoms with Crippen molar-refractivity contribution in [1.82, 2.24) is 0 Å². The van der Waals surface area contributed by atoms with Crippen LogP contribution in [0.4, 0.5) is 0 Å². The van der Waals surface area contributed by atoms with Gasteiger partial charge in [0.05, 0.1) is 0 Å². The first-order chi connectivity index (χ1) is 8.60. The van der Waals surface area contributed by atoms with Gasteiger partial charge in [-0.3, -0.25) is 0 Å². The topological polar surface area (TPSA) is 9.23 Å². The van der Waals surface area contributed by atoms with Gasteiger partial charge in [-0.05, 0) is 54.8 Å². The van der Waals surface area contributed by atoms with Gasteiger partial charge in [0.15, 0.2) is 0 Å². The Labute approximate surface area is 121 Å². The van der Waals surface area contributed by atoms with E-state index in [0.29, 0.717) is 5.88 Å². The first-order valence-electron chi connectivity index (χ1n) is 5.69. The van der Waals surface area contributed by atoms with E-state index in [4.69, 9.17) is 16.3 Å². The van der Waals surface area contributed by atoms with E-state index < -0.39 is 0 Å². The Balaban J connectivity index is 2.28. The molecule has 0 aliphatic carbocycles. The van der Waals surface area contributed by atoms with Crippen molar-refractivity contribution in [1.29, 1.82) is 0 Å². The third-order valence-electron chi connectivity index (χ3n) is 2.70. The van der Waals surface area contributed by atoms with E-state index in [1.54, 1.807) is 0 Å². The summed E-state index contributed by atoms with van der Waals surface area (Å²) in [6, 6.07) is 11.9. The molecular weight excluding hydrogens is 312 g/mol. The first kappa shape index (κ1) is 13.4. The quantitative estimate of drug-likeness (QED) is 0.668. The van der Waals surface area contributed by atoms with Crippen molar-refractivity contribution in [3.8, 4) is 11.5 Å². The van der Waals surface area contributed by atoms with E-state index in [2.05, 4.69) is 29.8 Å². The third kappa shape index (κ3) is 3.06. The number of ether oxygens (including phenoxy) is 1. The minimum Gasteiger partial charge on any atom is -0.457 e. The lowest BCUT2D eigenvalue weighted by Crippen LogP contribution is -1.89. The molecule has 0 N–H and O–H groups in total. The SMILES string of the molecule is Cc1cc(Oc2cccc(CCl)c2)cc(C)c1Br. The van der Waals surface area contributed by atoms with Crippen LogP contribution in [0, 0.1) is 13.8 Å².